The molecule has 1 aromatic rings. The van der Waals surface area contributed by atoms with Crippen LogP contribution in [0.1, 0.15) is 0 Å². The number of nitrogens with one attached hydrogen (secondary N) is 1. The van der Waals surface area contributed by atoms with Gasteiger partial charge in [-0.3, -0.25) is 4.79 Å². The third-order valence-electron chi connectivity index (χ3n) is 1.60. The predicted octanol–water partition coefficient (Wildman–Crippen LogP) is 1.23. The number of para-hydroxylation sites is 1. The molecule has 0 bridgehead atoms. The highest BCUT2D eigenvalue weighted by Crippen LogP contribution is 2.26. The number of amides is 1. The van der Waals surface area contributed by atoms with Crippen LogP contribution in [0.25, 0.3) is 0 Å². The summed E-state index contributed by atoms with van der Waals surface area (Å²) in [5, 5.41) is 12.9. The summed E-state index contributed by atoms with van der Waals surface area (Å²) in [7, 11) is 1.29. The van der Waals surface area contributed by atoms with Gasteiger partial charge in [0, 0.05) is 0 Å². The first-order chi connectivity index (χ1) is 7.19. The van der Waals surface area contributed by atoms with Crippen LogP contribution in [0.2, 0.25) is 0 Å². The zero-order chi connectivity index (χ0) is 11.3. The molecule has 0 radical (unpaired) electrons. The second-order valence-corrected chi connectivity index (χ2v) is 2.55. The number of carbonyl (C=O) groups excluding carboxylic acids is 1. The van der Waals surface area contributed by atoms with Crippen molar-refractivity contribution in [2.75, 3.05) is 12.4 Å². The smallest absolute Gasteiger partial charge is 0.270 e. The molecule has 0 unspecified atom stereocenters. The van der Waals surface area contributed by atoms with Gasteiger partial charge in [0.15, 0.2) is 11.6 Å². The molecule has 15 heavy (non-hydrogen) atoms. The van der Waals surface area contributed by atoms with Crippen molar-refractivity contribution in [1.82, 2.24) is 0 Å². The second-order valence-electron chi connectivity index (χ2n) is 2.55. The van der Waals surface area contributed by atoms with Gasteiger partial charge < -0.3 is 15.3 Å². The number of hydrogen-bond acceptors (Lipinski definition) is 4. The maximum atomic E-state index is 13.1. The molecule has 1 rings (SSSR count). The Kier molecular flexibility index (Phi) is 3.61. The van der Waals surface area contributed by atoms with Crippen LogP contribution in [0.5, 0.6) is 5.75 Å². The zero-order valence-corrected chi connectivity index (χ0v) is 7.90. The van der Waals surface area contributed by atoms with Crippen LogP contribution in [0.15, 0.2) is 23.4 Å². The fourth-order valence-corrected chi connectivity index (χ4v) is 1.03. The van der Waals surface area contributed by atoms with Gasteiger partial charge in [0.2, 0.25) is 0 Å². The second kappa shape index (κ2) is 4.94. The van der Waals surface area contributed by atoms with Gasteiger partial charge in [-0.15, -0.1) is 0 Å². The molecule has 80 valence electrons. The Balaban J connectivity index is 2.94. The Hall–Kier alpha value is -2.11. The summed E-state index contributed by atoms with van der Waals surface area (Å²) in [6.45, 7) is 0. The number of rotatable bonds is 3. The van der Waals surface area contributed by atoms with Crippen LogP contribution in [0.4, 0.5) is 10.1 Å². The average Bonchev–Trinajstić information content (AvgIpc) is 2.18. The van der Waals surface area contributed by atoms with Gasteiger partial charge >= 0.3 is 0 Å². The molecule has 0 aliphatic carbocycles. The van der Waals surface area contributed by atoms with Crippen molar-refractivity contribution >= 4 is 17.8 Å². The van der Waals surface area contributed by atoms with Crippen LogP contribution >= 0.6 is 0 Å². The largest absolute Gasteiger partial charge is 0.492 e. The third kappa shape index (κ3) is 2.67. The van der Waals surface area contributed by atoms with Crippen LogP contribution < -0.4 is 10.1 Å². The van der Waals surface area contributed by atoms with E-state index in [0.29, 0.717) is 6.21 Å². The summed E-state index contributed by atoms with van der Waals surface area (Å²) >= 11 is 0. The van der Waals surface area contributed by atoms with E-state index in [-0.39, 0.29) is 11.4 Å². The number of halogens is 1. The monoisotopic (exact) mass is 212 g/mol. The lowest BCUT2D eigenvalue weighted by atomic mass is 10.3. The minimum atomic E-state index is -0.679. The van der Waals surface area contributed by atoms with Crippen molar-refractivity contribution in [2.24, 2.45) is 5.16 Å². The molecule has 6 heteroatoms. The van der Waals surface area contributed by atoms with Crippen molar-refractivity contribution < 1.29 is 19.1 Å². The molecule has 0 spiro atoms. The minimum Gasteiger partial charge on any atom is -0.492 e. The van der Waals surface area contributed by atoms with Crippen molar-refractivity contribution in [1.29, 1.82) is 0 Å². The van der Waals surface area contributed by atoms with E-state index in [2.05, 4.69) is 10.5 Å². The normalized spacial score (nSPS) is 10.3. The summed E-state index contributed by atoms with van der Waals surface area (Å²) in [6, 6.07) is 4.09. The highest BCUT2D eigenvalue weighted by molar-refractivity contribution is 6.31. The number of hydrogen-bond donors (Lipinski definition) is 2. The molecule has 1 aromatic carbocycles. The molecule has 0 aromatic heterocycles. The van der Waals surface area contributed by atoms with Crippen LogP contribution in [-0.2, 0) is 4.79 Å². The van der Waals surface area contributed by atoms with Gasteiger partial charge in [-0.2, -0.15) is 0 Å². The SMILES string of the molecule is COc1c(F)cccc1NC(=O)C=NO. The maximum Gasteiger partial charge on any atom is 0.270 e. The molecular formula is C9H9FN2O3. The fourth-order valence-electron chi connectivity index (χ4n) is 1.03. The maximum absolute atomic E-state index is 13.1. The number of carbonyl (C=O) groups is 1. The standard InChI is InChI=1S/C9H9FN2O3/c1-15-9-6(10)3-2-4-7(9)12-8(13)5-11-14/h2-5,14H,1H3,(H,12,13). The predicted molar refractivity (Wildman–Crippen MR) is 51.9 cm³/mol. The third-order valence-corrected chi connectivity index (χ3v) is 1.60. The lowest BCUT2D eigenvalue weighted by Crippen LogP contribution is -2.13. The quantitative estimate of drug-likeness (QED) is 0.449. The lowest BCUT2D eigenvalue weighted by molar-refractivity contribution is -0.110. The number of anilines is 1. The Morgan fingerprint density at radius 1 is 1.67 bits per heavy atom. The van der Waals surface area contributed by atoms with Crippen molar-refractivity contribution in [3.05, 3.63) is 24.0 Å². The Labute approximate surface area is 85.2 Å². The molecule has 1 amide bonds. The first kappa shape index (κ1) is 11.0. The van der Waals surface area contributed by atoms with E-state index in [1.54, 1.807) is 0 Å². The Morgan fingerprint density at radius 3 is 3.00 bits per heavy atom. The summed E-state index contributed by atoms with van der Waals surface area (Å²) in [5.74, 6) is -1.34. The molecule has 0 atom stereocenters. The van der Waals surface area contributed by atoms with E-state index < -0.39 is 11.7 Å². The minimum absolute atomic E-state index is 0.0720. The summed E-state index contributed by atoms with van der Waals surface area (Å²) in [6.07, 6.45) is 0.657. The summed E-state index contributed by atoms with van der Waals surface area (Å²) < 4.78 is 17.9. The topological polar surface area (TPSA) is 70.9 Å². The van der Waals surface area contributed by atoms with Crippen molar-refractivity contribution in [2.45, 2.75) is 0 Å². The van der Waals surface area contributed by atoms with Gasteiger partial charge in [0.25, 0.3) is 5.91 Å². The molecule has 0 saturated heterocycles. The number of methoxy groups -OCH3 is 1. The van der Waals surface area contributed by atoms with Crippen molar-refractivity contribution in [3.8, 4) is 5.75 Å². The van der Waals surface area contributed by atoms with Crippen LogP contribution in [0.3, 0.4) is 0 Å². The average molecular weight is 212 g/mol. The van der Waals surface area contributed by atoms with Gasteiger partial charge in [-0.05, 0) is 12.1 Å². The molecular weight excluding hydrogens is 203 g/mol. The molecule has 0 aliphatic rings. The summed E-state index contributed by atoms with van der Waals surface area (Å²) in [4.78, 5) is 11.0. The van der Waals surface area contributed by atoms with E-state index in [1.807, 2.05) is 0 Å². The molecule has 5 nitrogen and oxygen atoms in total. The molecule has 0 saturated carbocycles. The lowest BCUT2D eigenvalue weighted by Gasteiger charge is -2.08. The number of nitrogens with zero attached hydrogens (tertiary/aromatic N) is 1. The molecule has 0 fully saturated rings. The number of oxime groups is 1. The van der Waals surface area contributed by atoms with Crippen molar-refractivity contribution in [3.63, 3.8) is 0 Å². The zero-order valence-electron chi connectivity index (χ0n) is 7.90. The highest BCUT2D eigenvalue weighted by Gasteiger charge is 2.10. The first-order valence-corrected chi connectivity index (χ1v) is 4.00. The van der Waals surface area contributed by atoms with E-state index in [1.165, 1.54) is 25.3 Å². The molecule has 0 aliphatic heterocycles. The van der Waals surface area contributed by atoms with E-state index in [9.17, 15) is 9.18 Å². The van der Waals surface area contributed by atoms with Gasteiger partial charge in [0.1, 0.15) is 6.21 Å². The Morgan fingerprint density at radius 2 is 2.40 bits per heavy atom. The molecule has 2 N–H and O–H groups in total. The van der Waals surface area contributed by atoms with E-state index in [0.717, 1.165) is 0 Å². The number of ether oxygens (including phenoxy) is 1. The molecule has 0 heterocycles. The Bertz CT molecular complexity index is 393. The summed E-state index contributed by atoms with van der Waals surface area (Å²) in [5.41, 5.74) is 0.169. The van der Waals surface area contributed by atoms with Gasteiger partial charge in [-0.25, -0.2) is 4.39 Å². The van der Waals surface area contributed by atoms with Gasteiger partial charge in [0.05, 0.1) is 12.8 Å². The highest BCUT2D eigenvalue weighted by atomic mass is 19.1. The van der Waals surface area contributed by atoms with Gasteiger partial charge in [-0.1, -0.05) is 11.2 Å². The van der Waals surface area contributed by atoms with E-state index >= 15 is 0 Å². The van der Waals surface area contributed by atoms with Crippen LogP contribution in [-0.4, -0.2) is 24.4 Å². The van der Waals surface area contributed by atoms with Crippen LogP contribution in [0, 0.1) is 5.82 Å². The first-order valence-electron chi connectivity index (χ1n) is 4.00. The van der Waals surface area contributed by atoms with E-state index in [4.69, 9.17) is 9.94 Å². The fraction of sp³-hybridized carbons (Fsp3) is 0.111. The number of benzene rings is 1.